The summed E-state index contributed by atoms with van der Waals surface area (Å²) in [6.45, 7) is 7.42. The van der Waals surface area contributed by atoms with Gasteiger partial charge in [0.1, 0.15) is 5.75 Å². The van der Waals surface area contributed by atoms with Gasteiger partial charge in [-0.3, -0.25) is 4.68 Å². The van der Waals surface area contributed by atoms with Crippen LogP contribution in [0.3, 0.4) is 0 Å². The minimum Gasteiger partial charge on any atom is -0.508 e. The molecule has 2 aromatic rings. The van der Waals surface area contributed by atoms with Crippen molar-refractivity contribution in [3.05, 3.63) is 46.8 Å². The molecule has 0 unspecified atom stereocenters. The lowest BCUT2D eigenvalue weighted by atomic mass is 9.55. The Hall–Kier alpha value is -2.43. The molecule has 2 saturated carbocycles. The van der Waals surface area contributed by atoms with Gasteiger partial charge in [-0.1, -0.05) is 13.0 Å². The molecule has 0 aliphatic heterocycles. The Morgan fingerprint density at radius 1 is 1.27 bits per heavy atom. The van der Waals surface area contributed by atoms with Crippen LogP contribution in [0.2, 0.25) is 0 Å². The summed E-state index contributed by atoms with van der Waals surface area (Å²) >= 11 is 0. The number of aromatic hydroxyl groups is 1. The zero-order valence-electron chi connectivity index (χ0n) is 18.3. The summed E-state index contributed by atoms with van der Waals surface area (Å²) in [4.78, 5) is 0. The molecule has 1 N–H and O–H groups in total. The van der Waals surface area contributed by atoms with Crippen molar-refractivity contribution >= 4 is 11.9 Å². The van der Waals surface area contributed by atoms with Crippen LogP contribution in [0.5, 0.6) is 5.75 Å². The number of aryl methyl sites for hydroxylation is 3. The minimum absolute atomic E-state index is 0.176. The molecule has 0 bridgehead atoms. The zero-order valence-corrected chi connectivity index (χ0v) is 18.3. The number of fused-ring (bicyclic) bond motifs is 5. The fourth-order valence-corrected chi connectivity index (χ4v) is 6.50. The van der Waals surface area contributed by atoms with Crippen LogP contribution in [0.15, 0.2) is 34.6 Å². The van der Waals surface area contributed by atoms with Gasteiger partial charge in [-0.2, -0.15) is 15.3 Å². The Kier molecular flexibility index (Phi) is 4.79. The van der Waals surface area contributed by atoms with Gasteiger partial charge in [-0.05, 0) is 93.4 Å². The maximum atomic E-state index is 9.87. The van der Waals surface area contributed by atoms with Crippen molar-refractivity contribution in [2.75, 3.05) is 0 Å². The molecule has 2 fully saturated rings. The Balaban J connectivity index is 1.37. The summed E-state index contributed by atoms with van der Waals surface area (Å²) in [7, 11) is 0. The largest absolute Gasteiger partial charge is 0.508 e. The SMILES string of the molecule is CCn1cc(/C=N\N=C2\CC[C@H]3[C@H]4CCc5cc(O)ccc5[C@@H]4CC[C@]23C)c(C)n1. The normalized spacial score (nSPS) is 31.7. The quantitative estimate of drug-likeness (QED) is 0.561. The van der Waals surface area contributed by atoms with Gasteiger partial charge in [0.05, 0.1) is 11.9 Å². The summed E-state index contributed by atoms with van der Waals surface area (Å²) in [6, 6.07) is 6.03. The molecule has 0 amide bonds. The molecule has 158 valence electrons. The molecule has 0 radical (unpaired) electrons. The number of aromatic nitrogens is 2. The summed E-state index contributed by atoms with van der Waals surface area (Å²) in [5.41, 5.74) is 6.37. The standard InChI is InChI=1S/C25H32N4O/c1-4-29-15-18(16(2)28-29)14-26-27-24-10-9-23-22-7-5-17-13-19(30)6-8-20(17)21(22)11-12-25(23,24)3/h6,8,13-15,21-23,30H,4-5,7,9-12H2,1-3H3/b26-14-,27-24-/t21-,22-,23-,25-/m0/s1. The first kappa shape index (κ1) is 19.5. The number of phenolic OH excluding ortho intramolecular Hbond substituents is 1. The van der Waals surface area contributed by atoms with Crippen LogP contribution in [-0.4, -0.2) is 26.8 Å². The van der Waals surface area contributed by atoms with Crippen molar-refractivity contribution in [1.82, 2.24) is 9.78 Å². The van der Waals surface area contributed by atoms with Crippen molar-refractivity contribution in [1.29, 1.82) is 0 Å². The van der Waals surface area contributed by atoms with Crippen molar-refractivity contribution in [3.8, 4) is 5.75 Å². The summed E-state index contributed by atoms with van der Waals surface area (Å²) < 4.78 is 1.94. The Labute approximate surface area is 178 Å². The van der Waals surface area contributed by atoms with Gasteiger partial charge in [0.15, 0.2) is 0 Å². The predicted octanol–water partition coefficient (Wildman–Crippen LogP) is 5.25. The highest BCUT2D eigenvalue weighted by atomic mass is 16.3. The molecule has 0 spiro atoms. The second-order valence-corrected chi connectivity index (χ2v) is 9.61. The average Bonchev–Trinajstić information content (AvgIpc) is 3.27. The monoisotopic (exact) mass is 404 g/mol. The van der Waals surface area contributed by atoms with E-state index in [2.05, 4.69) is 30.1 Å². The molecule has 5 nitrogen and oxygen atoms in total. The lowest BCUT2D eigenvalue weighted by Gasteiger charge is -2.49. The maximum Gasteiger partial charge on any atom is 0.115 e. The highest BCUT2D eigenvalue weighted by molar-refractivity contribution is 5.93. The van der Waals surface area contributed by atoms with Gasteiger partial charge in [0, 0.05) is 29.4 Å². The van der Waals surface area contributed by atoms with Crippen LogP contribution in [-0.2, 0) is 13.0 Å². The zero-order chi connectivity index (χ0) is 20.9. The Morgan fingerprint density at radius 2 is 2.13 bits per heavy atom. The molecule has 5 heteroatoms. The van der Waals surface area contributed by atoms with E-state index in [1.807, 2.05) is 36.1 Å². The van der Waals surface area contributed by atoms with Gasteiger partial charge < -0.3 is 5.11 Å². The highest BCUT2D eigenvalue weighted by Crippen LogP contribution is 2.60. The molecular weight excluding hydrogens is 372 g/mol. The van der Waals surface area contributed by atoms with Crippen LogP contribution in [0.25, 0.3) is 0 Å². The number of rotatable bonds is 3. The van der Waals surface area contributed by atoms with E-state index in [0.717, 1.165) is 36.6 Å². The molecule has 1 heterocycles. The van der Waals surface area contributed by atoms with Gasteiger partial charge in [0.25, 0.3) is 0 Å². The van der Waals surface area contributed by atoms with Crippen LogP contribution >= 0.6 is 0 Å². The molecule has 1 aromatic carbocycles. The molecule has 30 heavy (non-hydrogen) atoms. The molecule has 3 aliphatic carbocycles. The van der Waals surface area contributed by atoms with E-state index in [4.69, 9.17) is 5.10 Å². The molecular formula is C25H32N4O. The maximum absolute atomic E-state index is 9.87. The summed E-state index contributed by atoms with van der Waals surface area (Å²) in [6.07, 6.45) is 10.9. The van der Waals surface area contributed by atoms with Crippen molar-refractivity contribution in [2.24, 2.45) is 27.5 Å². The fourth-order valence-electron chi connectivity index (χ4n) is 6.50. The third-order valence-corrected chi connectivity index (χ3v) is 8.13. The number of nitrogens with zero attached hydrogens (tertiary/aromatic N) is 4. The van der Waals surface area contributed by atoms with E-state index in [-0.39, 0.29) is 5.41 Å². The third-order valence-electron chi connectivity index (χ3n) is 8.13. The first-order chi connectivity index (χ1) is 14.5. The van der Waals surface area contributed by atoms with Crippen molar-refractivity contribution in [2.45, 2.75) is 71.8 Å². The van der Waals surface area contributed by atoms with E-state index in [0.29, 0.717) is 17.6 Å². The fraction of sp³-hybridized carbons (Fsp3) is 0.560. The van der Waals surface area contributed by atoms with E-state index < -0.39 is 0 Å². The van der Waals surface area contributed by atoms with E-state index in [9.17, 15) is 5.11 Å². The first-order valence-corrected chi connectivity index (χ1v) is 11.5. The van der Waals surface area contributed by atoms with Crippen molar-refractivity contribution < 1.29 is 5.11 Å². The van der Waals surface area contributed by atoms with Crippen LogP contribution in [0.1, 0.15) is 74.3 Å². The molecule has 0 saturated heterocycles. The topological polar surface area (TPSA) is 62.8 Å². The number of hydrogen-bond donors (Lipinski definition) is 1. The second-order valence-electron chi connectivity index (χ2n) is 9.61. The lowest BCUT2D eigenvalue weighted by molar-refractivity contribution is 0.0955. The lowest BCUT2D eigenvalue weighted by Crippen LogP contribution is -2.42. The van der Waals surface area contributed by atoms with Gasteiger partial charge >= 0.3 is 0 Å². The van der Waals surface area contributed by atoms with E-state index in [1.165, 1.54) is 42.5 Å². The van der Waals surface area contributed by atoms with Gasteiger partial charge in [0.2, 0.25) is 0 Å². The summed E-state index contributed by atoms with van der Waals surface area (Å²) in [5.74, 6) is 2.46. The van der Waals surface area contributed by atoms with Crippen LogP contribution in [0.4, 0.5) is 0 Å². The van der Waals surface area contributed by atoms with Crippen molar-refractivity contribution in [3.63, 3.8) is 0 Å². The average molecular weight is 405 g/mol. The first-order valence-electron chi connectivity index (χ1n) is 11.5. The Morgan fingerprint density at radius 3 is 2.93 bits per heavy atom. The molecule has 1 aromatic heterocycles. The van der Waals surface area contributed by atoms with Gasteiger partial charge in [-0.25, -0.2) is 0 Å². The predicted molar refractivity (Wildman–Crippen MR) is 120 cm³/mol. The Bertz CT molecular complexity index is 1020. The smallest absolute Gasteiger partial charge is 0.115 e. The molecule has 3 aliphatic rings. The summed E-state index contributed by atoms with van der Waals surface area (Å²) in [5, 5.41) is 23.6. The van der Waals surface area contributed by atoms with Crippen LogP contribution < -0.4 is 0 Å². The molecule has 4 atom stereocenters. The second kappa shape index (κ2) is 7.36. The van der Waals surface area contributed by atoms with E-state index >= 15 is 0 Å². The molecule has 5 rings (SSSR count). The third kappa shape index (κ3) is 3.10. The number of benzene rings is 1. The number of hydrogen-bond acceptors (Lipinski definition) is 4. The minimum atomic E-state index is 0.176. The number of phenols is 1. The van der Waals surface area contributed by atoms with E-state index in [1.54, 1.807) is 0 Å². The highest BCUT2D eigenvalue weighted by Gasteiger charge is 2.53. The van der Waals surface area contributed by atoms with Gasteiger partial charge in [-0.15, -0.1) is 0 Å². The van der Waals surface area contributed by atoms with Crippen LogP contribution in [0, 0.1) is 24.2 Å².